The Morgan fingerprint density at radius 3 is 1.86 bits per heavy atom. The Balaban J connectivity index is 0. The van der Waals surface area contributed by atoms with Gasteiger partial charge in [-0.2, -0.15) is 0 Å². The van der Waals surface area contributed by atoms with Gasteiger partial charge in [-0.15, -0.1) is 22.9 Å². The van der Waals surface area contributed by atoms with E-state index in [1.807, 2.05) is 0 Å². The third-order valence-electron chi connectivity index (χ3n) is 0.350. The fourth-order valence-corrected chi connectivity index (χ4v) is 0.254. The third kappa shape index (κ3) is 2.38. The van der Waals surface area contributed by atoms with Gasteiger partial charge in [-0.25, -0.2) is 0 Å². The van der Waals surface area contributed by atoms with E-state index in [-0.39, 0.29) is 36.5 Å². The number of hydrogen-bond acceptors (Lipinski definition) is 5. The van der Waals surface area contributed by atoms with Crippen LogP contribution < -0.4 is 29.6 Å². The quantitative estimate of drug-likeness (QED) is 0.292. The smallest absolute Gasteiger partial charge is 1.00 e. The van der Waals surface area contributed by atoms with Gasteiger partial charge in [0.1, 0.15) is 0 Å². The minimum atomic E-state index is -0.343. The molecule has 0 spiro atoms. The maximum atomic E-state index is 3.77. The van der Waals surface area contributed by atoms with Crippen molar-refractivity contribution in [2.75, 3.05) is 0 Å². The number of rotatable bonds is 0. The van der Waals surface area contributed by atoms with Crippen molar-refractivity contribution in [3.05, 3.63) is 0 Å². The van der Waals surface area contributed by atoms with Gasteiger partial charge in [0.25, 0.3) is 0 Å². The Hall–Kier alpha value is 0.550. The van der Waals surface area contributed by atoms with Crippen LogP contribution >= 0.6 is 12.6 Å². The van der Waals surface area contributed by atoms with Crippen LogP contribution in [0.3, 0.4) is 0 Å². The van der Waals surface area contributed by atoms with Crippen molar-refractivity contribution in [3.8, 4) is 0 Å². The van der Waals surface area contributed by atoms with E-state index in [2.05, 4.69) is 33.3 Å². The molecule has 0 saturated heterocycles. The first-order chi connectivity index (χ1) is 2.89. The van der Waals surface area contributed by atoms with Crippen LogP contribution in [0.15, 0.2) is 20.7 Å². The zero-order valence-electron chi connectivity index (χ0n) is 4.81. The van der Waals surface area contributed by atoms with E-state index in [1.165, 1.54) is 0 Å². The van der Waals surface area contributed by atoms with E-state index >= 15 is 0 Å². The molecule has 1 aliphatic heterocycles. The fourth-order valence-electron chi connectivity index (χ4n) is 0.162. The molecule has 1 heterocycles. The molecule has 0 radical (unpaired) electrons. The molecule has 0 amide bonds. The maximum Gasteiger partial charge on any atom is 1.00 e. The second-order valence-corrected chi connectivity index (χ2v) is 1.22. The van der Waals surface area contributed by atoms with Crippen molar-refractivity contribution >= 4 is 12.6 Å². The zero-order chi connectivity index (χ0) is 4.41. The largest absolute Gasteiger partial charge is 1.00 e. The first-order valence-corrected chi connectivity index (χ1v) is 1.89. The van der Waals surface area contributed by atoms with Gasteiger partial charge in [0.2, 0.25) is 5.50 Å². The molecule has 1 rings (SSSR count). The summed E-state index contributed by atoms with van der Waals surface area (Å²) in [7, 11) is 0. The monoisotopic (exact) mass is 126 g/mol. The molecule has 4 nitrogen and oxygen atoms in total. The molecule has 0 saturated carbocycles. The number of thiol groups is 1. The van der Waals surface area contributed by atoms with E-state index in [0.29, 0.717) is 0 Å². The minimum Gasteiger partial charge on any atom is -1.00 e. The van der Waals surface area contributed by atoms with E-state index in [4.69, 9.17) is 0 Å². The maximum absolute atomic E-state index is 3.77. The summed E-state index contributed by atoms with van der Waals surface area (Å²) < 4.78 is 0. The molecule has 0 fully saturated rings. The normalized spacial score (nSPS) is 17.3. The van der Waals surface area contributed by atoms with Crippen molar-refractivity contribution in [1.29, 1.82) is 0 Å². The molecular weight excluding hydrogens is 123 g/mol. The topological polar surface area (TPSA) is 49.4 Å². The van der Waals surface area contributed by atoms with Crippen LogP contribution in [-0.2, 0) is 0 Å². The molecule has 0 aliphatic carbocycles. The predicted molar refractivity (Wildman–Crippen MR) is 23.6 cm³/mol. The number of nitrogens with zero attached hydrogens (tertiary/aromatic N) is 4. The van der Waals surface area contributed by atoms with Gasteiger partial charge < -0.3 is 1.43 Å². The van der Waals surface area contributed by atoms with Gasteiger partial charge in [0, 0.05) is 0 Å². The van der Waals surface area contributed by atoms with Crippen LogP contribution in [0.1, 0.15) is 1.43 Å². The molecule has 6 heteroatoms. The number of hydrogen-bond donors (Lipinski definition) is 1. The Kier molecular flexibility index (Phi) is 3.82. The minimum absolute atomic E-state index is 0. The average Bonchev–Trinajstić information content (AvgIpc) is 1.86. The van der Waals surface area contributed by atoms with Crippen LogP contribution in [0.4, 0.5) is 0 Å². The Labute approximate surface area is 69.7 Å². The Morgan fingerprint density at radius 1 is 1.29 bits per heavy atom. The first-order valence-electron chi connectivity index (χ1n) is 1.37. The first kappa shape index (κ1) is 7.55. The SMILES string of the molecule is SC1N=NN=N1.[H-].[Na+]. The molecule has 0 atom stereocenters. The van der Waals surface area contributed by atoms with Crippen LogP contribution in [0.5, 0.6) is 0 Å². The molecule has 7 heavy (non-hydrogen) atoms. The van der Waals surface area contributed by atoms with Gasteiger partial charge >= 0.3 is 29.6 Å². The summed E-state index contributed by atoms with van der Waals surface area (Å²) in [5, 5.41) is 13.1. The van der Waals surface area contributed by atoms with Gasteiger partial charge in [-0.1, -0.05) is 0 Å². The molecule has 0 unspecified atom stereocenters. The Morgan fingerprint density at radius 2 is 1.71 bits per heavy atom. The van der Waals surface area contributed by atoms with Crippen molar-refractivity contribution in [3.63, 3.8) is 0 Å². The van der Waals surface area contributed by atoms with E-state index < -0.39 is 0 Å². The van der Waals surface area contributed by atoms with Gasteiger partial charge in [-0.05, 0) is 10.4 Å². The van der Waals surface area contributed by atoms with Gasteiger partial charge in [0.15, 0.2) is 0 Å². The molecule has 0 N–H and O–H groups in total. The third-order valence-corrected chi connectivity index (χ3v) is 0.556. The van der Waals surface area contributed by atoms with Crippen LogP contribution in [0, 0.1) is 0 Å². The second-order valence-electron chi connectivity index (χ2n) is 0.756. The summed E-state index contributed by atoms with van der Waals surface area (Å²) >= 11 is 3.77. The van der Waals surface area contributed by atoms with Crippen molar-refractivity contribution in [2.45, 2.75) is 5.50 Å². The van der Waals surface area contributed by atoms with Gasteiger partial charge in [0.05, 0.1) is 0 Å². The molecular formula is CH3N4NaS. The van der Waals surface area contributed by atoms with Gasteiger partial charge in [-0.3, -0.25) is 0 Å². The van der Waals surface area contributed by atoms with E-state index in [1.54, 1.807) is 0 Å². The summed E-state index contributed by atoms with van der Waals surface area (Å²) in [5.74, 6) is 0. The van der Waals surface area contributed by atoms with Crippen LogP contribution in [0.2, 0.25) is 0 Å². The van der Waals surface area contributed by atoms with Crippen molar-refractivity contribution < 1.29 is 31.0 Å². The summed E-state index contributed by atoms with van der Waals surface area (Å²) in [6, 6.07) is 0. The van der Waals surface area contributed by atoms with Crippen molar-refractivity contribution in [1.82, 2.24) is 0 Å². The summed E-state index contributed by atoms with van der Waals surface area (Å²) in [6.07, 6.45) is 0. The zero-order valence-corrected chi connectivity index (χ0v) is 6.71. The molecule has 0 bridgehead atoms. The second kappa shape index (κ2) is 3.54. The van der Waals surface area contributed by atoms with Crippen LogP contribution in [0.25, 0.3) is 0 Å². The molecule has 0 aromatic carbocycles. The fraction of sp³-hybridized carbons (Fsp3) is 1.00. The van der Waals surface area contributed by atoms with E-state index in [0.717, 1.165) is 0 Å². The predicted octanol–water partition coefficient (Wildman–Crippen LogP) is -1.85. The summed E-state index contributed by atoms with van der Waals surface area (Å²) in [4.78, 5) is 0. The average molecular weight is 126 g/mol. The molecule has 0 aromatic rings. The van der Waals surface area contributed by atoms with Crippen LogP contribution in [-0.4, -0.2) is 5.50 Å². The molecule has 0 aromatic heterocycles. The standard InChI is InChI=1S/CH2N4S.Na.H/c6-1-2-4-5-3-1;;/h1,6H;;/q;+1;-1. The van der Waals surface area contributed by atoms with Crippen molar-refractivity contribution in [2.24, 2.45) is 20.7 Å². The summed E-state index contributed by atoms with van der Waals surface area (Å²) in [6.45, 7) is 0. The molecule has 1 aliphatic rings. The van der Waals surface area contributed by atoms with E-state index in [9.17, 15) is 0 Å². The Bertz CT molecular complexity index is 92.2. The summed E-state index contributed by atoms with van der Waals surface area (Å²) in [5.41, 5.74) is -0.343. The molecule has 34 valence electrons.